The molecule has 0 aliphatic heterocycles. The molecule has 1 atom stereocenters. The van der Waals surface area contributed by atoms with Crippen LogP contribution in [0.5, 0.6) is 0 Å². The monoisotopic (exact) mass is 282 g/mol. The number of alkyl halides is 2. The molecule has 0 N–H and O–H groups in total. The van der Waals surface area contributed by atoms with E-state index in [2.05, 4.69) is 0 Å². The van der Waals surface area contributed by atoms with Crippen LogP contribution in [0, 0.1) is 0 Å². The first-order valence-electron chi connectivity index (χ1n) is 7.01. The Kier molecular flexibility index (Phi) is 14.6. The molecule has 16 heavy (non-hydrogen) atoms. The van der Waals surface area contributed by atoms with E-state index in [0.717, 1.165) is 5.88 Å². The predicted molar refractivity (Wildman–Crippen MR) is 81.3 cm³/mol. The van der Waals surface area contributed by atoms with E-state index >= 15 is 0 Å². The zero-order chi connectivity index (χ0) is 12.1. The molecule has 1 unspecified atom stereocenters. The number of hydrogen-bond acceptors (Lipinski definition) is 0. The molecule has 0 saturated carbocycles. The summed E-state index contributed by atoms with van der Waals surface area (Å²) in [4.78, 5) is 0. The van der Waals surface area contributed by atoms with Gasteiger partial charge in [-0.2, -0.15) is 0 Å². The van der Waals surface area contributed by atoms with Crippen molar-refractivity contribution in [3.8, 4) is 0 Å². The first kappa shape index (κ1) is 16.8. The molecule has 0 heterocycles. The number of rotatable bonds is 12. The van der Waals surface area contributed by atoms with Crippen molar-refractivity contribution in [2.45, 2.75) is 75.6 Å². The van der Waals surface area contributed by atoms with Gasteiger partial charge in [0.05, 0.1) is 0 Å². The van der Waals surface area contributed by atoms with Crippen LogP contribution in [0.15, 0.2) is 0 Å². The molecule has 0 aliphatic carbocycles. The van der Waals surface area contributed by atoms with Gasteiger partial charge in [0.1, 0.15) is 0 Å². The van der Waals surface area contributed by atoms with E-state index in [1.54, 1.807) is 0 Å². The number of unbranched alkanes of at least 4 members (excludes halogenated alkanes) is 7. The average Bonchev–Trinajstić information content (AvgIpc) is 2.27. The Morgan fingerprint density at radius 2 is 1.25 bits per heavy atom. The van der Waals surface area contributed by atoms with Crippen molar-refractivity contribution in [1.82, 2.24) is 0 Å². The molecule has 0 fully saturated rings. The average molecular weight is 283 g/mol. The number of halogens is 2. The van der Waals surface area contributed by atoms with Crippen molar-refractivity contribution in [2.75, 3.05) is 5.88 Å². The molecule has 0 radical (unpaired) electrons. The van der Waals surface area contributed by atoms with Gasteiger partial charge in [-0.05, 0) is 19.3 Å². The lowest BCUT2D eigenvalue weighted by atomic mass is 10.1. The molecule has 98 valence electrons. The minimum absolute atomic E-state index is 0.459. The second kappa shape index (κ2) is 13.9. The van der Waals surface area contributed by atoms with E-state index < -0.39 is 0 Å². The van der Waals surface area contributed by atoms with Crippen LogP contribution in [0.4, 0.5) is 0 Å². The molecule has 0 aromatic heterocycles. The summed E-state index contributed by atoms with van der Waals surface area (Å²) in [6.07, 6.45) is 13.2. The summed E-state index contributed by atoms with van der Waals surface area (Å²) in [6.45, 7) is 0. The van der Waals surface area contributed by atoms with E-state index in [0.29, 0.717) is 5.38 Å². The Balaban J connectivity index is 2.98. The summed E-state index contributed by atoms with van der Waals surface area (Å²) in [5, 5.41) is 0.459. The predicted octanol–water partition coefficient (Wildman–Crippen LogP) is 4.52. The Bertz CT molecular complexity index is 131. The molecular formula is C13H28Cl2Si. The van der Waals surface area contributed by atoms with E-state index in [9.17, 15) is 0 Å². The van der Waals surface area contributed by atoms with Crippen LogP contribution in [0.3, 0.4) is 0 Å². The fourth-order valence-corrected chi connectivity index (χ4v) is 3.60. The normalized spacial score (nSPS) is 13.1. The molecule has 0 spiro atoms. The number of hydrogen-bond donors (Lipinski definition) is 0. The SMILES string of the molecule is [SiH3]CCC(Cl)CCCCCCCCCCCl. The van der Waals surface area contributed by atoms with Crippen LogP contribution >= 0.6 is 23.2 Å². The lowest BCUT2D eigenvalue weighted by molar-refractivity contribution is 0.557. The van der Waals surface area contributed by atoms with Crippen molar-refractivity contribution < 1.29 is 0 Å². The van der Waals surface area contributed by atoms with Crippen molar-refractivity contribution in [2.24, 2.45) is 0 Å². The van der Waals surface area contributed by atoms with Gasteiger partial charge in [0, 0.05) is 21.5 Å². The summed E-state index contributed by atoms with van der Waals surface area (Å²) in [6, 6.07) is 1.36. The van der Waals surface area contributed by atoms with Gasteiger partial charge in [0.15, 0.2) is 0 Å². The third-order valence-electron chi connectivity index (χ3n) is 3.00. The highest BCUT2D eigenvalue weighted by Crippen LogP contribution is 2.15. The second-order valence-electron chi connectivity index (χ2n) is 4.69. The Morgan fingerprint density at radius 3 is 1.75 bits per heavy atom. The summed E-state index contributed by atoms with van der Waals surface area (Å²) >= 11 is 11.8. The van der Waals surface area contributed by atoms with Crippen molar-refractivity contribution in [3.63, 3.8) is 0 Å². The van der Waals surface area contributed by atoms with Crippen LogP contribution in [0.1, 0.15) is 64.2 Å². The lowest BCUT2D eigenvalue weighted by Crippen LogP contribution is -1.97. The fraction of sp³-hybridized carbons (Fsp3) is 1.00. The summed E-state index contributed by atoms with van der Waals surface area (Å²) in [5.74, 6) is 0.831. The van der Waals surface area contributed by atoms with Crippen LogP contribution in [0.25, 0.3) is 0 Å². The molecule has 0 saturated heterocycles. The molecule has 0 aromatic rings. The van der Waals surface area contributed by atoms with Gasteiger partial charge in [-0.25, -0.2) is 0 Å². The summed E-state index contributed by atoms with van der Waals surface area (Å²) in [7, 11) is 1.30. The van der Waals surface area contributed by atoms with E-state index in [4.69, 9.17) is 23.2 Å². The van der Waals surface area contributed by atoms with E-state index in [1.165, 1.54) is 80.5 Å². The smallest absolute Gasteiger partial charge is 0.0333 e. The van der Waals surface area contributed by atoms with Gasteiger partial charge in [-0.3, -0.25) is 0 Å². The third kappa shape index (κ3) is 12.9. The molecule has 0 aromatic carbocycles. The first-order valence-corrected chi connectivity index (χ1v) is 9.39. The summed E-state index contributed by atoms with van der Waals surface area (Å²) < 4.78 is 0. The van der Waals surface area contributed by atoms with Crippen molar-refractivity contribution >= 4 is 33.4 Å². The third-order valence-corrected chi connectivity index (χ3v) is 4.28. The van der Waals surface area contributed by atoms with Gasteiger partial charge in [-0.1, -0.05) is 51.0 Å². The van der Waals surface area contributed by atoms with Gasteiger partial charge in [-0.15, -0.1) is 23.2 Å². The molecule has 0 amide bonds. The Morgan fingerprint density at radius 1 is 0.750 bits per heavy atom. The second-order valence-corrected chi connectivity index (χ2v) is 6.69. The lowest BCUT2D eigenvalue weighted by Gasteiger charge is -2.07. The van der Waals surface area contributed by atoms with Crippen LogP contribution in [0.2, 0.25) is 6.04 Å². The minimum atomic E-state index is 0.459. The zero-order valence-electron chi connectivity index (χ0n) is 10.8. The Labute approximate surface area is 115 Å². The maximum absolute atomic E-state index is 6.19. The highest BCUT2D eigenvalue weighted by atomic mass is 35.5. The van der Waals surface area contributed by atoms with E-state index in [1.807, 2.05) is 0 Å². The summed E-state index contributed by atoms with van der Waals surface area (Å²) in [5.41, 5.74) is 0. The molecule has 3 heteroatoms. The zero-order valence-corrected chi connectivity index (χ0v) is 14.3. The van der Waals surface area contributed by atoms with Gasteiger partial charge >= 0.3 is 0 Å². The van der Waals surface area contributed by atoms with Crippen molar-refractivity contribution in [3.05, 3.63) is 0 Å². The van der Waals surface area contributed by atoms with Gasteiger partial charge in [0.25, 0.3) is 0 Å². The maximum atomic E-state index is 6.19. The van der Waals surface area contributed by atoms with Crippen LogP contribution in [-0.4, -0.2) is 21.5 Å². The van der Waals surface area contributed by atoms with Crippen LogP contribution < -0.4 is 0 Å². The Hall–Kier alpha value is 0.797. The fourth-order valence-electron chi connectivity index (χ4n) is 1.98. The van der Waals surface area contributed by atoms with Crippen LogP contribution in [-0.2, 0) is 0 Å². The highest BCUT2D eigenvalue weighted by Gasteiger charge is 2.01. The molecular weight excluding hydrogens is 255 g/mol. The topological polar surface area (TPSA) is 0 Å². The highest BCUT2D eigenvalue weighted by molar-refractivity contribution is 6.21. The quantitative estimate of drug-likeness (QED) is 0.281. The molecule has 0 nitrogen and oxygen atoms in total. The van der Waals surface area contributed by atoms with Gasteiger partial charge in [0.2, 0.25) is 0 Å². The van der Waals surface area contributed by atoms with E-state index in [-0.39, 0.29) is 0 Å². The first-order chi connectivity index (χ1) is 7.81. The van der Waals surface area contributed by atoms with Gasteiger partial charge < -0.3 is 0 Å². The standard InChI is InChI=1S/C13H28Cl2Si/c14-11-8-6-4-2-1-3-5-7-9-13(15)10-12-16/h13H,1-12H2,16H3. The molecule has 0 rings (SSSR count). The largest absolute Gasteiger partial charge is 0.127 e. The minimum Gasteiger partial charge on any atom is -0.127 e. The maximum Gasteiger partial charge on any atom is 0.0333 e. The molecule has 0 aliphatic rings. The molecule has 0 bridgehead atoms. The van der Waals surface area contributed by atoms with Crippen molar-refractivity contribution in [1.29, 1.82) is 0 Å².